The third-order valence-corrected chi connectivity index (χ3v) is 5.98. The summed E-state index contributed by atoms with van der Waals surface area (Å²) in [5, 5.41) is 15.0. The molecule has 9 nitrogen and oxygen atoms in total. The number of non-ortho nitro benzene ring substituents is 1. The van der Waals surface area contributed by atoms with Crippen molar-refractivity contribution < 1.29 is 24.0 Å². The fourth-order valence-corrected chi connectivity index (χ4v) is 4.53. The van der Waals surface area contributed by atoms with Crippen LogP contribution in [0, 0.1) is 10.1 Å². The van der Waals surface area contributed by atoms with Gasteiger partial charge in [0.1, 0.15) is 0 Å². The third kappa shape index (κ3) is 4.29. The molecule has 0 bridgehead atoms. The fraction of sp³-hybridized carbons (Fsp3) is 0.200. The van der Waals surface area contributed by atoms with Gasteiger partial charge in [-0.05, 0) is 0 Å². The van der Waals surface area contributed by atoms with Crippen LogP contribution < -0.4 is 14.2 Å². The number of nitro groups is 1. The van der Waals surface area contributed by atoms with E-state index in [1.807, 2.05) is 4.94 Å². The van der Waals surface area contributed by atoms with Crippen LogP contribution in [0.25, 0.3) is 11.3 Å². The summed E-state index contributed by atoms with van der Waals surface area (Å²) in [5.74, 6) is 1.46. The van der Waals surface area contributed by atoms with Crippen molar-refractivity contribution in [2.75, 3.05) is 28.4 Å². The first kappa shape index (κ1) is 21.4. The van der Waals surface area contributed by atoms with Gasteiger partial charge in [-0.25, -0.2) is 0 Å². The minimum absolute atomic E-state index is 0.0334. The summed E-state index contributed by atoms with van der Waals surface area (Å²) >= 11 is -0.116. The average Bonchev–Trinajstić information content (AvgIpc) is 3.26. The van der Waals surface area contributed by atoms with E-state index >= 15 is 0 Å². The second kappa shape index (κ2) is 9.42. The van der Waals surface area contributed by atoms with E-state index in [1.165, 1.54) is 26.4 Å². The maximum atomic E-state index is 10.9. The Bertz CT molecular complexity index is 1050. The van der Waals surface area contributed by atoms with E-state index < -0.39 is 4.92 Å². The molecule has 1 heterocycles. The van der Waals surface area contributed by atoms with E-state index in [4.69, 9.17) is 24.0 Å². The first-order valence-corrected chi connectivity index (χ1v) is 10.5. The Morgan fingerprint density at radius 2 is 1.67 bits per heavy atom. The van der Waals surface area contributed by atoms with Crippen molar-refractivity contribution in [3.63, 3.8) is 0 Å². The first-order chi connectivity index (χ1) is 14.5. The van der Waals surface area contributed by atoms with Crippen LogP contribution in [-0.2, 0) is 4.84 Å². The molecule has 0 radical (unpaired) electrons. The molecule has 30 heavy (non-hydrogen) atoms. The number of oxime groups is 1. The van der Waals surface area contributed by atoms with Crippen LogP contribution in [0.3, 0.4) is 0 Å². The predicted octanol–water partition coefficient (Wildman–Crippen LogP) is 3.14. The molecule has 3 rings (SSSR count). The van der Waals surface area contributed by atoms with Crippen LogP contribution in [0.5, 0.6) is 17.2 Å². The van der Waals surface area contributed by atoms with Crippen LogP contribution in [-0.4, -0.2) is 58.6 Å². The molecule has 0 N–H and O–H groups in total. The molecular weight excluding hydrogens is 457 g/mol. The normalized spacial score (nSPS) is 11.1. The van der Waals surface area contributed by atoms with Crippen molar-refractivity contribution in [2.24, 2.45) is 5.16 Å². The van der Waals surface area contributed by atoms with Gasteiger partial charge in [-0.1, -0.05) is 0 Å². The summed E-state index contributed by atoms with van der Waals surface area (Å²) in [6.07, 6.45) is 0. The summed E-state index contributed by atoms with van der Waals surface area (Å²) in [7, 11) is 6.08. The number of rotatable bonds is 8. The number of hydrogen-bond acceptors (Lipinski definition) is 8. The fourth-order valence-electron chi connectivity index (χ4n) is 2.79. The monoisotopic (exact) mass is 477 g/mol. The van der Waals surface area contributed by atoms with Gasteiger partial charge in [0.2, 0.25) is 0 Å². The van der Waals surface area contributed by atoms with Crippen molar-refractivity contribution in [2.45, 2.75) is 0 Å². The molecule has 0 aliphatic heterocycles. The summed E-state index contributed by atoms with van der Waals surface area (Å²) in [4.78, 5) is 22.2. The second-order valence-corrected chi connectivity index (χ2v) is 7.68. The van der Waals surface area contributed by atoms with Gasteiger partial charge in [-0.2, -0.15) is 0 Å². The molecule has 0 aliphatic carbocycles. The average molecular weight is 476 g/mol. The van der Waals surface area contributed by atoms with Crippen molar-refractivity contribution >= 4 is 25.9 Å². The van der Waals surface area contributed by atoms with Gasteiger partial charge in [-0.15, -0.1) is 0 Å². The standard InChI is InChI=1S/C20H19N3O6Se/c1-26-16-9-13(10-17(27-2)19(16)28-3)18(22-29-4)20-21-15(11-30-20)12-5-7-14(8-6-12)23(24)25/h5-11H,1-4H3/b22-18-. The predicted molar refractivity (Wildman–Crippen MR) is 112 cm³/mol. The third-order valence-electron chi connectivity index (χ3n) is 4.20. The zero-order valence-corrected chi connectivity index (χ0v) is 18.5. The Balaban J connectivity index is 2.03. The molecule has 0 atom stereocenters. The molecule has 10 heteroatoms. The van der Waals surface area contributed by atoms with Crippen molar-refractivity contribution in [3.8, 4) is 28.5 Å². The van der Waals surface area contributed by atoms with Crippen LogP contribution in [0.2, 0.25) is 0 Å². The quantitative estimate of drug-likeness (QED) is 0.213. The Kier molecular flexibility index (Phi) is 6.71. The van der Waals surface area contributed by atoms with Crippen LogP contribution in [0.1, 0.15) is 10.1 Å². The van der Waals surface area contributed by atoms with Gasteiger partial charge in [0, 0.05) is 0 Å². The molecule has 1 aromatic heterocycles. The summed E-state index contributed by atoms with van der Waals surface area (Å²) in [5.41, 5.74) is 2.80. The van der Waals surface area contributed by atoms with Gasteiger partial charge < -0.3 is 0 Å². The van der Waals surface area contributed by atoms with E-state index in [9.17, 15) is 10.1 Å². The molecule has 156 valence electrons. The Labute approximate surface area is 178 Å². The molecule has 0 aliphatic rings. The Morgan fingerprint density at radius 3 is 2.17 bits per heavy atom. The summed E-state index contributed by atoms with van der Waals surface area (Å²) < 4.78 is 17.0. The van der Waals surface area contributed by atoms with Crippen molar-refractivity contribution in [1.82, 2.24) is 4.98 Å². The molecule has 0 amide bonds. The number of nitro benzene ring substituents is 1. The van der Waals surface area contributed by atoms with Gasteiger partial charge in [0.05, 0.1) is 0 Å². The zero-order chi connectivity index (χ0) is 21.7. The molecule has 0 spiro atoms. The van der Waals surface area contributed by atoms with Gasteiger partial charge in [0.15, 0.2) is 0 Å². The first-order valence-electron chi connectivity index (χ1n) is 8.64. The number of hydrogen-bond donors (Lipinski definition) is 0. The van der Waals surface area contributed by atoms with Gasteiger partial charge in [-0.3, -0.25) is 0 Å². The summed E-state index contributed by atoms with van der Waals surface area (Å²) in [6.45, 7) is 0. The SMILES string of the molecule is CO/N=C(/c1cc(OC)c(OC)c(OC)c1)c1nc(-c2ccc([N+](=O)[O-])cc2)c[se]1. The number of ether oxygens (including phenoxy) is 3. The molecule has 2 aromatic carbocycles. The van der Waals surface area contributed by atoms with E-state index in [-0.39, 0.29) is 20.2 Å². The second-order valence-electron chi connectivity index (χ2n) is 5.88. The zero-order valence-electron chi connectivity index (χ0n) is 16.7. The minimum atomic E-state index is -0.431. The topological polar surface area (TPSA) is 105 Å². The van der Waals surface area contributed by atoms with Gasteiger partial charge in [0.25, 0.3) is 0 Å². The van der Waals surface area contributed by atoms with Crippen molar-refractivity contribution in [3.05, 3.63) is 61.6 Å². The van der Waals surface area contributed by atoms with E-state index in [1.54, 1.807) is 38.5 Å². The van der Waals surface area contributed by atoms with Crippen LogP contribution in [0.4, 0.5) is 5.69 Å². The molecular formula is C20H19N3O6Se. The molecule has 0 saturated heterocycles. The molecule has 0 fully saturated rings. The van der Waals surface area contributed by atoms with Gasteiger partial charge >= 0.3 is 179 Å². The number of nitrogens with zero attached hydrogens (tertiary/aromatic N) is 3. The van der Waals surface area contributed by atoms with E-state index in [2.05, 4.69) is 5.16 Å². The molecule has 0 unspecified atom stereocenters. The van der Waals surface area contributed by atoms with Crippen molar-refractivity contribution in [1.29, 1.82) is 0 Å². The molecule has 0 saturated carbocycles. The number of benzene rings is 2. The summed E-state index contributed by atoms with van der Waals surface area (Å²) in [6, 6.07) is 9.83. The Morgan fingerprint density at radius 1 is 1.03 bits per heavy atom. The van der Waals surface area contributed by atoms with Crippen LogP contribution in [0.15, 0.2) is 46.5 Å². The maximum absolute atomic E-state index is 10.9. The molecule has 3 aromatic rings. The Hall–Kier alpha value is -3.36. The van der Waals surface area contributed by atoms with Crippen LogP contribution >= 0.6 is 0 Å². The number of methoxy groups -OCH3 is 3. The van der Waals surface area contributed by atoms with E-state index in [0.717, 1.165) is 15.8 Å². The van der Waals surface area contributed by atoms with E-state index in [0.29, 0.717) is 28.5 Å². The number of aromatic nitrogens is 1.